The van der Waals surface area contributed by atoms with Gasteiger partial charge in [0.05, 0.1) is 5.69 Å². The average molecular weight is 388 g/mol. The van der Waals surface area contributed by atoms with E-state index >= 15 is 0 Å². The Morgan fingerprint density at radius 2 is 1.69 bits per heavy atom. The van der Waals surface area contributed by atoms with Gasteiger partial charge in [-0.1, -0.05) is 48.5 Å². The summed E-state index contributed by atoms with van der Waals surface area (Å²) in [6, 6.07) is 22.1. The highest BCUT2D eigenvalue weighted by Gasteiger charge is 2.34. The zero-order valence-corrected chi connectivity index (χ0v) is 15.3. The summed E-state index contributed by atoms with van der Waals surface area (Å²) in [5.41, 5.74) is 4.41. The van der Waals surface area contributed by atoms with E-state index in [4.69, 9.17) is 4.74 Å². The SMILES string of the molecule is O=C1NN(c2ccccc2)C(=O)/C1=C\c1ccccc1OCc1cccc(F)c1. The van der Waals surface area contributed by atoms with Crippen LogP contribution in [0.4, 0.5) is 10.1 Å². The van der Waals surface area contributed by atoms with Crippen molar-refractivity contribution in [1.82, 2.24) is 5.43 Å². The van der Waals surface area contributed by atoms with Crippen LogP contribution in [0.1, 0.15) is 11.1 Å². The molecule has 1 aliphatic heterocycles. The number of halogens is 1. The fraction of sp³-hybridized carbons (Fsp3) is 0.0435. The Kier molecular flexibility index (Phi) is 5.07. The number of hydrogen-bond donors (Lipinski definition) is 1. The standard InChI is InChI=1S/C23H17FN2O3/c24-18-9-6-7-16(13-18)15-29-21-12-5-4-8-17(21)14-20-22(27)25-26(23(20)28)19-10-2-1-3-11-19/h1-14H,15H2,(H,25,27)/b20-14-. The van der Waals surface area contributed by atoms with Gasteiger partial charge in [0.1, 0.15) is 23.7 Å². The van der Waals surface area contributed by atoms with Crippen LogP contribution < -0.4 is 15.2 Å². The molecule has 4 rings (SSSR count). The molecule has 0 bridgehead atoms. The maximum Gasteiger partial charge on any atom is 0.282 e. The van der Waals surface area contributed by atoms with Gasteiger partial charge in [-0.2, -0.15) is 0 Å². The van der Waals surface area contributed by atoms with Gasteiger partial charge in [0.15, 0.2) is 0 Å². The maximum absolute atomic E-state index is 13.4. The lowest BCUT2D eigenvalue weighted by Gasteiger charge is -2.14. The Morgan fingerprint density at radius 1 is 0.931 bits per heavy atom. The molecule has 0 aliphatic carbocycles. The predicted octanol–water partition coefficient (Wildman–Crippen LogP) is 3.87. The monoisotopic (exact) mass is 388 g/mol. The summed E-state index contributed by atoms with van der Waals surface area (Å²) in [6.45, 7) is 0.161. The van der Waals surface area contributed by atoms with Crippen molar-refractivity contribution in [2.75, 3.05) is 5.01 Å². The van der Waals surface area contributed by atoms with Crippen LogP contribution in [0.3, 0.4) is 0 Å². The minimum absolute atomic E-state index is 0.00987. The first kappa shape index (κ1) is 18.4. The zero-order valence-electron chi connectivity index (χ0n) is 15.3. The third-order valence-corrected chi connectivity index (χ3v) is 4.41. The van der Waals surface area contributed by atoms with Gasteiger partial charge in [-0.25, -0.2) is 9.40 Å². The van der Waals surface area contributed by atoms with E-state index in [1.165, 1.54) is 23.2 Å². The Balaban J connectivity index is 1.58. The Morgan fingerprint density at radius 3 is 2.48 bits per heavy atom. The van der Waals surface area contributed by atoms with E-state index in [1.807, 2.05) is 6.07 Å². The molecule has 0 saturated carbocycles. The second-order valence-electron chi connectivity index (χ2n) is 6.43. The molecule has 144 valence electrons. The highest BCUT2D eigenvalue weighted by atomic mass is 19.1. The van der Waals surface area contributed by atoms with Crippen molar-refractivity contribution in [2.24, 2.45) is 0 Å². The lowest BCUT2D eigenvalue weighted by Crippen LogP contribution is -2.35. The molecule has 6 heteroatoms. The van der Waals surface area contributed by atoms with Crippen LogP contribution in [-0.4, -0.2) is 11.8 Å². The van der Waals surface area contributed by atoms with E-state index in [1.54, 1.807) is 60.7 Å². The highest BCUT2D eigenvalue weighted by Crippen LogP contribution is 2.26. The molecule has 0 spiro atoms. The number of benzene rings is 3. The van der Waals surface area contributed by atoms with Crippen molar-refractivity contribution < 1.29 is 18.7 Å². The lowest BCUT2D eigenvalue weighted by molar-refractivity contribution is -0.117. The summed E-state index contributed by atoms with van der Waals surface area (Å²) >= 11 is 0. The number of nitrogens with one attached hydrogen (secondary N) is 1. The smallest absolute Gasteiger partial charge is 0.282 e. The van der Waals surface area contributed by atoms with Gasteiger partial charge in [-0.15, -0.1) is 0 Å². The number of anilines is 1. The second-order valence-corrected chi connectivity index (χ2v) is 6.43. The van der Waals surface area contributed by atoms with Crippen molar-refractivity contribution in [3.05, 3.63) is 101 Å². The summed E-state index contributed by atoms with van der Waals surface area (Å²) in [4.78, 5) is 25.1. The molecule has 2 amide bonds. The molecule has 0 unspecified atom stereocenters. The van der Waals surface area contributed by atoms with Crippen LogP contribution in [0.2, 0.25) is 0 Å². The molecule has 29 heavy (non-hydrogen) atoms. The van der Waals surface area contributed by atoms with Crippen molar-refractivity contribution in [1.29, 1.82) is 0 Å². The van der Waals surface area contributed by atoms with Gasteiger partial charge >= 0.3 is 0 Å². The maximum atomic E-state index is 13.4. The number of hydrazine groups is 1. The number of carbonyl (C=O) groups excluding carboxylic acids is 2. The topological polar surface area (TPSA) is 58.6 Å². The van der Waals surface area contributed by atoms with Crippen molar-refractivity contribution in [2.45, 2.75) is 6.61 Å². The normalized spacial score (nSPS) is 14.9. The van der Waals surface area contributed by atoms with Gasteiger partial charge < -0.3 is 4.74 Å². The summed E-state index contributed by atoms with van der Waals surface area (Å²) in [5.74, 6) is -0.779. The van der Waals surface area contributed by atoms with Crippen LogP contribution in [0, 0.1) is 5.82 Å². The summed E-state index contributed by atoms with van der Waals surface area (Å²) in [7, 11) is 0. The molecule has 3 aromatic carbocycles. The van der Waals surface area contributed by atoms with E-state index in [0.717, 1.165) is 0 Å². The first-order valence-electron chi connectivity index (χ1n) is 9.00. The van der Waals surface area contributed by atoms with E-state index in [2.05, 4.69) is 5.43 Å². The van der Waals surface area contributed by atoms with Crippen LogP contribution in [0.15, 0.2) is 84.4 Å². The molecule has 1 aliphatic rings. The van der Waals surface area contributed by atoms with E-state index in [9.17, 15) is 14.0 Å². The third-order valence-electron chi connectivity index (χ3n) is 4.41. The van der Waals surface area contributed by atoms with Gasteiger partial charge in [0.25, 0.3) is 11.8 Å². The van der Waals surface area contributed by atoms with E-state index in [0.29, 0.717) is 22.6 Å². The Hall–Kier alpha value is -3.93. The van der Waals surface area contributed by atoms with Crippen molar-refractivity contribution in [3.8, 4) is 5.75 Å². The molecule has 1 saturated heterocycles. The van der Waals surface area contributed by atoms with E-state index in [-0.39, 0.29) is 18.0 Å². The number of carbonyl (C=O) groups is 2. The Labute approximate surface area is 167 Å². The number of ether oxygens (including phenoxy) is 1. The predicted molar refractivity (Wildman–Crippen MR) is 107 cm³/mol. The van der Waals surface area contributed by atoms with Gasteiger partial charge in [0, 0.05) is 5.56 Å². The second kappa shape index (κ2) is 7.98. The van der Waals surface area contributed by atoms with Crippen LogP contribution in [0.5, 0.6) is 5.75 Å². The number of rotatable bonds is 5. The lowest BCUT2D eigenvalue weighted by atomic mass is 10.1. The quantitative estimate of drug-likeness (QED) is 0.533. The van der Waals surface area contributed by atoms with E-state index < -0.39 is 11.8 Å². The first-order chi connectivity index (χ1) is 14.1. The summed E-state index contributed by atoms with van der Waals surface area (Å²) in [6.07, 6.45) is 1.50. The van der Waals surface area contributed by atoms with Crippen molar-refractivity contribution >= 4 is 23.6 Å². The summed E-state index contributed by atoms with van der Waals surface area (Å²) in [5, 5.41) is 1.21. The molecule has 0 atom stereocenters. The average Bonchev–Trinajstić information content (AvgIpc) is 3.02. The number of amides is 2. The zero-order chi connectivity index (χ0) is 20.2. The number of nitrogens with zero attached hydrogens (tertiary/aromatic N) is 1. The molecular weight excluding hydrogens is 371 g/mol. The summed E-state index contributed by atoms with van der Waals surface area (Å²) < 4.78 is 19.2. The van der Waals surface area contributed by atoms with Gasteiger partial charge in [0.2, 0.25) is 0 Å². The molecule has 1 N–H and O–H groups in total. The minimum Gasteiger partial charge on any atom is -0.488 e. The van der Waals surface area contributed by atoms with Crippen LogP contribution in [0.25, 0.3) is 6.08 Å². The molecule has 5 nitrogen and oxygen atoms in total. The minimum atomic E-state index is -0.487. The van der Waals surface area contributed by atoms with Gasteiger partial charge in [-0.3, -0.25) is 15.0 Å². The largest absolute Gasteiger partial charge is 0.488 e. The van der Waals surface area contributed by atoms with Gasteiger partial charge in [-0.05, 0) is 42.0 Å². The first-order valence-corrected chi connectivity index (χ1v) is 9.00. The van der Waals surface area contributed by atoms with Crippen molar-refractivity contribution in [3.63, 3.8) is 0 Å². The van der Waals surface area contributed by atoms with Crippen LogP contribution in [-0.2, 0) is 16.2 Å². The molecular formula is C23H17FN2O3. The molecule has 0 aromatic heterocycles. The molecule has 1 fully saturated rings. The molecule has 0 radical (unpaired) electrons. The highest BCUT2D eigenvalue weighted by molar-refractivity contribution is 6.31. The molecule has 3 aromatic rings. The third kappa shape index (κ3) is 4.01. The fourth-order valence-electron chi connectivity index (χ4n) is 2.99. The fourth-order valence-corrected chi connectivity index (χ4v) is 2.99. The Bertz CT molecular complexity index is 1100. The number of hydrogen-bond acceptors (Lipinski definition) is 3. The van der Waals surface area contributed by atoms with Crippen LogP contribution >= 0.6 is 0 Å². The molecule has 1 heterocycles. The number of para-hydroxylation sites is 2.